The molecule has 0 radical (unpaired) electrons. The Bertz CT molecular complexity index is 793. The minimum absolute atomic E-state index is 0.415. The van der Waals surface area contributed by atoms with Gasteiger partial charge in [-0.05, 0) is 48.2 Å². The van der Waals surface area contributed by atoms with E-state index in [0.29, 0.717) is 17.7 Å². The number of aliphatic hydroxyl groups excluding tert-OH is 1. The lowest BCUT2D eigenvalue weighted by Crippen LogP contribution is -2.34. The van der Waals surface area contributed by atoms with E-state index in [2.05, 4.69) is 11.0 Å². The minimum atomic E-state index is -0.666. The fourth-order valence-corrected chi connectivity index (χ4v) is 3.22. The average molecular weight is 321 g/mol. The Morgan fingerprint density at radius 1 is 1.29 bits per heavy atom. The number of nitriles is 1. The molecule has 1 heterocycles. The molecule has 3 N–H and O–H groups in total. The summed E-state index contributed by atoms with van der Waals surface area (Å²) in [6, 6.07) is 14.6. The molecule has 0 fully saturated rings. The largest absolute Gasteiger partial charge is 0.387 e. The number of benzene rings is 2. The van der Waals surface area contributed by atoms with Crippen molar-refractivity contribution in [3.05, 3.63) is 64.7 Å². The lowest BCUT2D eigenvalue weighted by Gasteiger charge is -2.33. The fraction of sp³-hybridized carbons (Fsp3) is 0.263. The first-order valence-corrected chi connectivity index (χ1v) is 7.95. The lowest BCUT2D eigenvalue weighted by molar-refractivity contribution is 0.0999. The Morgan fingerprint density at radius 3 is 2.71 bits per heavy atom. The number of β-amino-alcohol motifs (C(OH)–C–C–N with tert-alkyl or cyclic N) is 1. The Kier molecular flexibility index (Phi) is 4.50. The van der Waals surface area contributed by atoms with Gasteiger partial charge in [0, 0.05) is 24.3 Å². The molecule has 24 heavy (non-hydrogen) atoms. The topological polar surface area (TPSA) is 90.3 Å². The zero-order chi connectivity index (χ0) is 17.1. The van der Waals surface area contributed by atoms with Crippen LogP contribution in [-0.4, -0.2) is 24.1 Å². The molecule has 0 saturated carbocycles. The smallest absolute Gasteiger partial charge is 0.249 e. The normalized spacial score (nSPS) is 14.6. The van der Waals surface area contributed by atoms with Crippen molar-refractivity contribution in [2.24, 2.45) is 5.73 Å². The summed E-state index contributed by atoms with van der Waals surface area (Å²) >= 11 is 0. The molecule has 5 nitrogen and oxygen atoms in total. The second-order valence-electron chi connectivity index (χ2n) is 5.97. The van der Waals surface area contributed by atoms with Crippen LogP contribution in [-0.2, 0) is 6.42 Å². The molecule has 0 spiro atoms. The zero-order valence-corrected chi connectivity index (χ0v) is 13.3. The molecular formula is C19H19N3O2. The Balaban J connectivity index is 1.83. The van der Waals surface area contributed by atoms with Crippen molar-refractivity contribution < 1.29 is 9.90 Å². The van der Waals surface area contributed by atoms with E-state index in [4.69, 9.17) is 11.0 Å². The van der Waals surface area contributed by atoms with Crippen LogP contribution in [0.3, 0.4) is 0 Å². The third-order valence-corrected chi connectivity index (χ3v) is 4.43. The summed E-state index contributed by atoms with van der Waals surface area (Å²) in [4.78, 5) is 13.7. The van der Waals surface area contributed by atoms with E-state index in [1.165, 1.54) is 0 Å². The number of hydrogen-bond donors (Lipinski definition) is 2. The van der Waals surface area contributed by atoms with Crippen molar-refractivity contribution in [1.82, 2.24) is 0 Å². The van der Waals surface area contributed by atoms with Crippen LogP contribution in [0.5, 0.6) is 0 Å². The number of fused-ring (bicyclic) bond motifs is 1. The molecule has 0 saturated heterocycles. The number of aliphatic hydroxyl groups is 1. The average Bonchev–Trinajstić information content (AvgIpc) is 2.61. The highest BCUT2D eigenvalue weighted by atomic mass is 16.3. The molecule has 1 aliphatic rings. The molecule has 0 aromatic heterocycles. The number of carbonyl (C=O) groups is 1. The van der Waals surface area contributed by atoms with E-state index >= 15 is 0 Å². The van der Waals surface area contributed by atoms with Crippen LogP contribution in [0.25, 0.3) is 0 Å². The Hall–Kier alpha value is -2.84. The number of primary amides is 1. The van der Waals surface area contributed by atoms with Crippen LogP contribution in [0.15, 0.2) is 42.5 Å². The summed E-state index contributed by atoms with van der Waals surface area (Å²) in [5.74, 6) is -0.415. The molecule has 122 valence electrons. The van der Waals surface area contributed by atoms with Gasteiger partial charge >= 0.3 is 0 Å². The maximum atomic E-state index is 11.6. The molecule has 5 heteroatoms. The Labute approximate surface area is 140 Å². The first kappa shape index (κ1) is 16.0. The summed E-state index contributed by atoms with van der Waals surface area (Å²) in [5.41, 5.74) is 9.29. The van der Waals surface area contributed by atoms with Gasteiger partial charge in [-0.15, -0.1) is 0 Å². The number of hydrogen-bond acceptors (Lipinski definition) is 4. The van der Waals surface area contributed by atoms with Gasteiger partial charge < -0.3 is 15.7 Å². The third kappa shape index (κ3) is 3.10. The predicted octanol–water partition coefficient (Wildman–Crippen LogP) is 2.14. The number of anilines is 1. The molecule has 0 aliphatic carbocycles. The number of carbonyl (C=O) groups excluding carboxylic acids is 1. The molecular weight excluding hydrogens is 302 g/mol. The lowest BCUT2D eigenvalue weighted by atomic mass is 9.95. The second kappa shape index (κ2) is 6.73. The van der Waals surface area contributed by atoms with Crippen LogP contribution in [0.4, 0.5) is 5.69 Å². The highest BCUT2D eigenvalue weighted by Gasteiger charge is 2.23. The van der Waals surface area contributed by atoms with E-state index in [1.54, 1.807) is 30.3 Å². The van der Waals surface area contributed by atoms with E-state index in [-0.39, 0.29) is 0 Å². The van der Waals surface area contributed by atoms with Crippen molar-refractivity contribution >= 4 is 11.6 Å². The van der Waals surface area contributed by atoms with Crippen LogP contribution in [0, 0.1) is 11.3 Å². The third-order valence-electron chi connectivity index (χ3n) is 4.43. The first-order chi connectivity index (χ1) is 11.6. The van der Waals surface area contributed by atoms with Crippen molar-refractivity contribution in [2.75, 3.05) is 18.0 Å². The molecule has 1 atom stereocenters. The van der Waals surface area contributed by atoms with Gasteiger partial charge in [-0.25, -0.2) is 0 Å². The molecule has 2 aromatic carbocycles. The van der Waals surface area contributed by atoms with Crippen molar-refractivity contribution in [3.8, 4) is 6.07 Å². The van der Waals surface area contributed by atoms with Gasteiger partial charge in [-0.1, -0.05) is 18.2 Å². The van der Waals surface area contributed by atoms with E-state index < -0.39 is 12.0 Å². The SMILES string of the molecule is N#Cc1ccc(C(O)CN2CCCc3c(C(N)=O)cccc32)cc1. The number of amides is 1. The van der Waals surface area contributed by atoms with Crippen LogP contribution < -0.4 is 10.6 Å². The summed E-state index contributed by atoms with van der Waals surface area (Å²) in [6.45, 7) is 1.25. The molecule has 2 aromatic rings. The monoisotopic (exact) mass is 321 g/mol. The number of nitrogens with two attached hydrogens (primary N) is 1. The minimum Gasteiger partial charge on any atom is -0.387 e. The van der Waals surface area contributed by atoms with Gasteiger partial charge in [0.1, 0.15) is 0 Å². The first-order valence-electron chi connectivity index (χ1n) is 7.95. The van der Waals surface area contributed by atoms with Gasteiger partial charge in [-0.2, -0.15) is 5.26 Å². The summed E-state index contributed by atoms with van der Waals surface area (Å²) in [7, 11) is 0. The summed E-state index contributed by atoms with van der Waals surface area (Å²) in [5, 5.41) is 19.4. The maximum Gasteiger partial charge on any atom is 0.249 e. The van der Waals surface area contributed by atoms with E-state index in [9.17, 15) is 9.90 Å². The maximum absolute atomic E-state index is 11.6. The van der Waals surface area contributed by atoms with Crippen molar-refractivity contribution in [3.63, 3.8) is 0 Å². The highest BCUT2D eigenvalue weighted by Crippen LogP contribution is 2.31. The van der Waals surface area contributed by atoms with Gasteiger partial charge in [0.2, 0.25) is 5.91 Å². The highest BCUT2D eigenvalue weighted by molar-refractivity contribution is 5.96. The molecule has 1 amide bonds. The van der Waals surface area contributed by atoms with E-state index in [1.807, 2.05) is 12.1 Å². The van der Waals surface area contributed by atoms with Crippen LogP contribution in [0.2, 0.25) is 0 Å². The van der Waals surface area contributed by atoms with Crippen molar-refractivity contribution in [2.45, 2.75) is 18.9 Å². The zero-order valence-electron chi connectivity index (χ0n) is 13.3. The molecule has 1 aliphatic heterocycles. The van der Waals surface area contributed by atoms with Gasteiger partial charge in [0.15, 0.2) is 0 Å². The van der Waals surface area contributed by atoms with E-state index in [0.717, 1.165) is 36.2 Å². The number of rotatable bonds is 4. The second-order valence-corrected chi connectivity index (χ2v) is 5.97. The standard InChI is InChI=1S/C19H19N3O2/c20-11-13-6-8-14(9-7-13)18(23)12-22-10-2-4-15-16(19(21)24)3-1-5-17(15)22/h1,3,5-9,18,23H,2,4,10,12H2,(H2,21,24). The summed E-state index contributed by atoms with van der Waals surface area (Å²) in [6.07, 6.45) is 1.07. The molecule has 3 rings (SSSR count). The van der Waals surface area contributed by atoms with Gasteiger partial charge in [0.25, 0.3) is 0 Å². The van der Waals surface area contributed by atoms with Gasteiger partial charge in [0.05, 0.1) is 17.7 Å². The molecule has 1 unspecified atom stereocenters. The predicted molar refractivity (Wildman–Crippen MR) is 91.6 cm³/mol. The van der Waals surface area contributed by atoms with Gasteiger partial charge in [-0.3, -0.25) is 4.79 Å². The van der Waals surface area contributed by atoms with Crippen LogP contribution in [0.1, 0.15) is 39.6 Å². The fourth-order valence-electron chi connectivity index (χ4n) is 3.22. The number of nitrogens with zero attached hydrogens (tertiary/aromatic N) is 2. The van der Waals surface area contributed by atoms with Crippen LogP contribution >= 0.6 is 0 Å². The van der Waals surface area contributed by atoms with Crippen molar-refractivity contribution in [1.29, 1.82) is 5.26 Å². The summed E-state index contributed by atoms with van der Waals surface area (Å²) < 4.78 is 0. The quantitative estimate of drug-likeness (QED) is 0.902. The Morgan fingerprint density at radius 2 is 2.04 bits per heavy atom. The molecule has 0 bridgehead atoms.